The third-order valence-electron chi connectivity index (χ3n) is 6.39. The molecule has 0 bridgehead atoms. The van der Waals surface area contributed by atoms with E-state index >= 15 is 0 Å². The maximum atomic E-state index is 13.5. The van der Waals surface area contributed by atoms with Gasteiger partial charge in [0.15, 0.2) is 0 Å². The van der Waals surface area contributed by atoms with E-state index in [-0.39, 0.29) is 25.5 Å². The zero-order valence-electron chi connectivity index (χ0n) is 21.2. The molecule has 1 saturated heterocycles. The molecule has 1 N–H and O–H groups in total. The number of carbonyl (C=O) groups is 3. The fourth-order valence-corrected chi connectivity index (χ4v) is 4.56. The molecule has 1 aromatic heterocycles. The van der Waals surface area contributed by atoms with E-state index in [1.165, 1.54) is 4.90 Å². The molecule has 2 aliphatic rings. The van der Waals surface area contributed by atoms with Gasteiger partial charge in [0.05, 0.1) is 13.2 Å². The molecule has 1 aliphatic heterocycles. The van der Waals surface area contributed by atoms with Crippen molar-refractivity contribution in [1.29, 1.82) is 0 Å². The molecule has 1 saturated carbocycles. The highest BCUT2D eigenvalue weighted by Gasteiger charge is 2.62. The molecule has 0 spiro atoms. The molecule has 9 heteroatoms. The molecule has 1 aromatic carbocycles. The number of rotatable bonds is 7. The fraction of sp³-hybridized carbons (Fsp3) is 0.481. The van der Waals surface area contributed by atoms with Gasteiger partial charge in [-0.15, -0.1) is 6.58 Å². The van der Waals surface area contributed by atoms with E-state index in [9.17, 15) is 14.4 Å². The first-order chi connectivity index (χ1) is 17.1. The number of pyridine rings is 1. The summed E-state index contributed by atoms with van der Waals surface area (Å²) in [5, 5.41) is 4.66. The van der Waals surface area contributed by atoms with Crippen molar-refractivity contribution in [3.8, 4) is 5.88 Å². The third kappa shape index (κ3) is 5.15. The molecular formula is C27H33N3O6. The normalized spacial score (nSPS) is 25.2. The SMILES string of the molecule is C=CC1CC1(NC(=O)[C@@H]1CC(Oc2nccc3ccccc23)CN1C(=O)OC(C)(C)C)C(=O)OCC. The average Bonchev–Trinajstić information content (AvgIpc) is 3.37. The predicted molar refractivity (Wildman–Crippen MR) is 133 cm³/mol. The summed E-state index contributed by atoms with van der Waals surface area (Å²) in [4.78, 5) is 44.9. The van der Waals surface area contributed by atoms with Gasteiger partial charge in [0.25, 0.3) is 0 Å². The van der Waals surface area contributed by atoms with Crippen LogP contribution in [0, 0.1) is 5.92 Å². The average molecular weight is 496 g/mol. The zero-order chi connectivity index (χ0) is 26.1. The van der Waals surface area contributed by atoms with Crippen molar-refractivity contribution >= 4 is 28.7 Å². The number of nitrogens with one attached hydrogen (secondary N) is 1. The quantitative estimate of drug-likeness (QED) is 0.462. The van der Waals surface area contributed by atoms with Gasteiger partial charge in [0, 0.05) is 23.9 Å². The second-order valence-electron chi connectivity index (χ2n) is 10.2. The number of amides is 2. The van der Waals surface area contributed by atoms with E-state index in [0.29, 0.717) is 12.3 Å². The maximum Gasteiger partial charge on any atom is 0.411 e. The minimum absolute atomic E-state index is 0.134. The Labute approximate surface area is 210 Å². The minimum Gasteiger partial charge on any atom is -0.472 e. The Kier molecular flexibility index (Phi) is 6.93. The lowest BCUT2D eigenvalue weighted by molar-refractivity contribution is -0.149. The Hall–Kier alpha value is -3.62. The van der Waals surface area contributed by atoms with Crippen molar-refractivity contribution in [3.63, 3.8) is 0 Å². The van der Waals surface area contributed by atoms with Crippen LogP contribution in [0.1, 0.15) is 40.5 Å². The summed E-state index contributed by atoms with van der Waals surface area (Å²) >= 11 is 0. The van der Waals surface area contributed by atoms with Crippen molar-refractivity contribution in [2.24, 2.45) is 5.92 Å². The molecule has 9 nitrogen and oxygen atoms in total. The monoisotopic (exact) mass is 495 g/mol. The molecule has 1 aliphatic carbocycles. The van der Waals surface area contributed by atoms with Gasteiger partial charge < -0.3 is 19.5 Å². The van der Waals surface area contributed by atoms with Gasteiger partial charge in [0.2, 0.25) is 11.8 Å². The summed E-state index contributed by atoms with van der Waals surface area (Å²) in [7, 11) is 0. The van der Waals surface area contributed by atoms with Crippen LogP contribution in [0.15, 0.2) is 49.2 Å². The largest absolute Gasteiger partial charge is 0.472 e. The molecule has 4 atom stereocenters. The highest BCUT2D eigenvalue weighted by atomic mass is 16.6. The van der Waals surface area contributed by atoms with Gasteiger partial charge >= 0.3 is 12.1 Å². The number of nitrogens with zero attached hydrogens (tertiary/aromatic N) is 2. The Morgan fingerprint density at radius 2 is 2.00 bits per heavy atom. The van der Waals surface area contributed by atoms with Crippen LogP contribution in [0.2, 0.25) is 0 Å². The van der Waals surface area contributed by atoms with Gasteiger partial charge in [0.1, 0.15) is 23.3 Å². The summed E-state index contributed by atoms with van der Waals surface area (Å²) in [6.07, 6.45) is 2.79. The number of ether oxygens (including phenoxy) is 3. The molecule has 2 heterocycles. The van der Waals surface area contributed by atoms with E-state index in [4.69, 9.17) is 14.2 Å². The standard InChI is InChI=1S/C27H33N3O6/c1-6-18-15-27(18,24(32)34-7-2)29-22(31)21-14-19(16-30(21)25(33)36-26(3,4)5)35-23-20-11-9-8-10-17(20)12-13-28-23/h6,8-13,18-19,21H,1,7,14-16H2,2-5H3,(H,29,31)/t18?,19?,21-,27?/m0/s1. The lowest BCUT2D eigenvalue weighted by Gasteiger charge is -2.28. The van der Waals surface area contributed by atoms with Crippen LogP contribution < -0.4 is 10.1 Å². The number of fused-ring (bicyclic) bond motifs is 1. The number of carbonyl (C=O) groups excluding carboxylic acids is 3. The van der Waals surface area contributed by atoms with Crippen LogP contribution in [0.3, 0.4) is 0 Å². The van der Waals surface area contributed by atoms with Crippen molar-refractivity contribution in [1.82, 2.24) is 15.2 Å². The van der Waals surface area contributed by atoms with Crippen molar-refractivity contribution < 1.29 is 28.6 Å². The van der Waals surface area contributed by atoms with E-state index in [1.807, 2.05) is 30.3 Å². The summed E-state index contributed by atoms with van der Waals surface area (Å²) in [6.45, 7) is 11.1. The number of esters is 1. The Balaban J connectivity index is 1.57. The second-order valence-corrected chi connectivity index (χ2v) is 10.2. The topological polar surface area (TPSA) is 107 Å². The molecule has 2 amide bonds. The molecule has 36 heavy (non-hydrogen) atoms. The summed E-state index contributed by atoms with van der Waals surface area (Å²) < 4.78 is 17.0. The van der Waals surface area contributed by atoms with Gasteiger partial charge in [-0.05, 0) is 51.6 Å². The third-order valence-corrected chi connectivity index (χ3v) is 6.39. The molecule has 192 valence electrons. The molecule has 3 unspecified atom stereocenters. The van der Waals surface area contributed by atoms with Gasteiger partial charge in [-0.3, -0.25) is 9.69 Å². The van der Waals surface area contributed by atoms with E-state index in [2.05, 4.69) is 16.9 Å². The molecule has 4 rings (SSSR count). The van der Waals surface area contributed by atoms with Crippen LogP contribution in [-0.4, -0.2) is 64.3 Å². The molecule has 2 aromatic rings. The Morgan fingerprint density at radius 3 is 2.67 bits per heavy atom. The van der Waals surface area contributed by atoms with E-state index in [0.717, 1.165) is 10.8 Å². The van der Waals surface area contributed by atoms with Crippen LogP contribution in [0.25, 0.3) is 10.8 Å². The number of hydrogen-bond acceptors (Lipinski definition) is 7. The summed E-state index contributed by atoms with van der Waals surface area (Å²) in [6, 6.07) is 8.70. The zero-order valence-corrected chi connectivity index (χ0v) is 21.2. The highest BCUT2D eigenvalue weighted by Crippen LogP contribution is 2.45. The number of aromatic nitrogens is 1. The van der Waals surface area contributed by atoms with Gasteiger partial charge in [-0.1, -0.05) is 24.3 Å². The lowest BCUT2D eigenvalue weighted by Crippen LogP contribution is -2.53. The fourth-order valence-electron chi connectivity index (χ4n) is 4.56. The number of likely N-dealkylation sites (tertiary alicyclic amines) is 1. The second kappa shape index (κ2) is 9.79. The summed E-state index contributed by atoms with van der Waals surface area (Å²) in [5.74, 6) is -0.767. The minimum atomic E-state index is -1.16. The first-order valence-corrected chi connectivity index (χ1v) is 12.2. The van der Waals surface area contributed by atoms with Crippen LogP contribution in [0.5, 0.6) is 5.88 Å². The van der Waals surface area contributed by atoms with E-state index < -0.39 is 41.3 Å². The van der Waals surface area contributed by atoms with E-state index in [1.54, 1.807) is 40.0 Å². The smallest absolute Gasteiger partial charge is 0.411 e. The maximum absolute atomic E-state index is 13.5. The first kappa shape index (κ1) is 25.5. The molecule has 0 radical (unpaired) electrons. The molecule has 2 fully saturated rings. The molecular weight excluding hydrogens is 462 g/mol. The number of benzene rings is 1. The van der Waals surface area contributed by atoms with Crippen LogP contribution in [-0.2, 0) is 19.1 Å². The van der Waals surface area contributed by atoms with Crippen LogP contribution >= 0.6 is 0 Å². The summed E-state index contributed by atoms with van der Waals surface area (Å²) in [5.41, 5.74) is -1.91. The Bertz CT molecular complexity index is 1170. The van der Waals surface area contributed by atoms with Crippen molar-refractivity contribution in [2.45, 2.75) is 63.8 Å². The van der Waals surface area contributed by atoms with Crippen molar-refractivity contribution in [2.75, 3.05) is 13.2 Å². The van der Waals surface area contributed by atoms with Gasteiger partial charge in [-0.25, -0.2) is 14.6 Å². The Morgan fingerprint density at radius 1 is 1.25 bits per heavy atom. The van der Waals surface area contributed by atoms with Gasteiger partial charge in [-0.2, -0.15) is 0 Å². The van der Waals surface area contributed by atoms with Crippen molar-refractivity contribution in [3.05, 3.63) is 49.2 Å². The lowest BCUT2D eigenvalue weighted by atomic mass is 10.1. The predicted octanol–water partition coefficient (Wildman–Crippen LogP) is 3.62. The first-order valence-electron chi connectivity index (χ1n) is 12.2. The number of hydrogen-bond donors (Lipinski definition) is 1. The van der Waals surface area contributed by atoms with Crippen LogP contribution in [0.4, 0.5) is 4.79 Å². The highest BCUT2D eigenvalue weighted by molar-refractivity contribution is 5.95.